The summed E-state index contributed by atoms with van der Waals surface area (Å²) in [6.07, 6.45) is 0. The van der Waals surface area contributed by atoms with Gasteiger partial charge in [0.25, 0.3) is 5.91 Å². The van der Waals surface area contributed by atoms with Crippen LogP contribution in [0.25, 0.3) is 33.3 Å². The molecular weight excluding hydrogens is 402 g/mol. The number of H-pyrrole nitrogens is 2. The molecule has 0 saturated heterocycles. The summed E-state index contributed by atoms with van der Waals surface area (Å²) in [5.41, 5.74) is 18.3. The van der Waals surface area contributed by atoms with Gasteiger partial charge in [0.05, 0.1) is 0 Å². The zero-order valence-electron chi connectivity index (χ0n) is 17.8. The van der Waals surface area contributed by atoms with Gasteiger partial charge in [-0.05, 0) is 48.9 Å². The molecule has 160 valence electrons. The Morgan fingerprint density at radius 3 is 2.66 bits per heavy atom. The lowest BCUT2D eigenvalue weighted by atomic mass is 10.1. The van der Waals surface area contributed by atoms with Gasteiger partial charge in [0.15, 0.2) is 5.65 Å². The van der Waals surface area contributed by atoms with Crippen LogP contribution in [0.15, 0.2) is 54.6 Å². The van der Waals surface area contributed by atoms with Crippen LogP contribution in [-0.4, -0.2) is 37.8 Å². The smallest absolute Gasteiger partial charge is 0.253 e. The number of hydrogen-bond donors (Lipinski definition) is 4. The van der Waals surface area contributed by atoms with Crippen LogP contribution in [0.2, 0.25) is 0 Å². The molecule has 0 fully saturated rings. The van der Waals surface area contributed by atoms with E-state index < -0.39 is 0 Å². The minimum Gasteiger partial charge on any atom is -0.398 e. The fraction of sp³-hybridized carbons (Fsp3) is 0.125. The SMILES string of the molecule is Cc1nc2c(-c3cc4cc(C(=O)N(C)Cc5ccccc5N)ccc4[nH]3)cc(N)nc2[nH]1. The molecule has 2 aromatic carbocycles. The average Bonchev–Trinajstić information content (AvgIpc) is 3.36. The Bertz CT molecular complexity index is 1480. The number of aromatic nitrogens is 4. The molecule has 8 heteroatoms. The van der Waals surface area contributed by atoms with Crippen molar-refractivity contribution in [3.63, 3.8) is 0 Å². The Balaban J connectivity index is 1.48. The number of pyridine rings is 1. The largest absolute Gasteiger partial charge is 0.398 e. The van der Waals surface area contributed by atoms with Crippen molar-refractivity contribution in [2.75, 3.05) is 18.5 Å². The van der Waals surface area contributed by atoms with E-state index in [0.29, 0.717) is 29.3 Å². The zero-order chi connectivity index (χ0) is 22.4. The van der Waals surface area contributed by atoms with E-state index in [2.05, 4.69) is 19.9 Å². The molecule has 0 aliphatic heterocycles. The average molecular weight is 425 g/mol. The highest BCUT2D eigenvalue weighted by Gasteiger charge is 2.16. The Morgan fingerprint density at radius 2 is 1.84 bits per heavy atom. The number of benzene rings is 2. The normalized spacial score (nSPS) is 11.3. The van der Waals surface area contributed by atoms with Crippen LogP contribution in [0, 0.1) is 6.92 Å². The maximum Gasteiger partial charge on any atom is 0.253 e. The van der Waals surface area contributed by atoms with Crippen molar-refractivity contribution in [2.45, 2.75) is 13.5 Å². The number of anilines is 2. The van der Waals surface area contributed by atoms with Gasteiger partial charge in [-0.2, -0.15) is 0 Å². The number of carbonyl (C=O) groups is 1. The lowest BCUT2D eigenvalue weighted by Crippen LogP contribution is -2.26. The van der Waals surface area contributed by atoms with Gasteiger partial charge in [0.1, 0.15) is 17.2 Å². The van der Waals surface area contributed by atoms with Crippen LogP contribution >= 0.6 is 0 Å². The summed E-state index contributed by atoms with van der Waals surface area (Å²) in [6.45, 7) is 2.32. The highest BCUT2D eigenvalue weighted by Crippen LogP contribution is 2.31. The number of amides is 1. The van der Waals surface area contributed by atoms with Crippen LogP contribution < -0.4 is 11.5 Å². The number of aromatic amines is 2. The number of nitrogens with two attached hydrogens (primary N) is 2. The first-order valence-electron chi connectivity index (χ1n) is 10.2. The van der Waals surface area contributed by atoms with Crippen LogP contribution in [0.1, 0.15) is 21.7 Å². The lowest BCUT2D eigenvalue weighted by molar-refractivity contribution is 0.0785. The van der Waals surface area contributed by atoms with E-state index in [9.17, 15) is 4.79 Å². The highest BCUT2D eigenvalue weighted by molar-refractivity contribution is 6.00. The van der Waals surface area contributed by atoms with Gasteiger partial charge in [0, 0.05) is 47.0 Å². The molecule has 0 aliphatic carbocycles. The van der Waals surface area contributed by atoms with Crippen molar-refractivity contribution < 1.29 is 4.79 Å². The predicted octanol–water partition coefficient (Wildman–Crippen LogP) is 3.85. The molecule has 0 aliphatic rings. The van der Waals surface area contributed by atoms with Crippen molar-refractivity contribution in [3.05, 3.63) is 71.5 Å². The van der Waals surface area contributed by atoms with E-state index >= 15 is 0 Å². The number of nitrogens with one attached hydrogen (secondary N) is 2. The summed E-state index contributed by atoms with van der Waals surface area (Å²) in [5.74, 6) is 1.11. The second kappa shape index (κ2) is 7.42. The molecule has 0 bridgehead atoms. The fourth-order valence-electron chi connectivity index (χ4n) is 3.97. The van der Waals surface area contributed by atoms with Crippen molar-refractivity contribution in [3.8, 4) is 11.3 Å². The topological polar surface area (TPSA) is 130 Å². The third-order valence-electron chi connectivity index (χ3n) is 5.56. The summed E-state index contributed by atoms with van der Waals surface area (Å²) >= 11 is 0. The standard InChI is InChI=1S/C24H23N7O/c1-13-27-22-17(11-21(26)30-23(22)28-13)20-10-16-9-14(7-8-19(16)29-20)24(32)31(2)12-15-5-3-4-6-18(15)25/h3-11,29H,12,25H2,1-2H3,(H3,26,27,28,30). The summed E-state index contributed by atoms with van der Waals surface area (Å²) in [4.78, 5) is 30.1. The first-order chi connectivity index (χ1) is 15.4. The number of aryl methyl sites for hydroxylation is 1. The van der Waals surface area contributed by atoms with Crippen molar-refractivity contribution in [1.29, 1.82) is 0 Å². The minimum absolute atomic E-state index is 0.0728. The molecule has 5 aromatic rings. The number of nitrogen functional groups attached to an aromatic ring is 2. The molecule has 8 nitrogen and oxygen atoms in total. The highest BCUT2D eigenvalue weighted by atomic mass is 16.2. The van der Waals surface area contributed by atoms with E-state index in [4.69, 9.17) is 11.5 Å². The van der Waals surface area contributed by atoms with E-state index in [-0.39, 0.29) is 5.91 Å². The number of fused-ring (bicyclic) bond motifs is 2. The molecule has 0 unspecified atom stereocenters. The molecule has 6 N–H and O–H groups in total. The van der Waals surface area contributed by atoms with Gasteiger partial charge in [-0.25, -0.2) is 9.97 Å². The molecular formula is C24H23N7O. The number of rotatable bonds is 4. The summed E-state index contributed by atoms with van der Waals surface area (Å²) in [7, 11) is 1.78. The van der Waals surface area contributed by atoms with E-state index in [1.54, 1.807) is 18.0 Å². The fourth-order valence-corrected chi connectivity index (χ4v) is 3.97. The number of hydrogen-bond acceptors (Lipinski definition) is 5. The summed E-state index contributed by atoms with van der Waals surface area (Å²) in [5, 5.41) is 0.925. The molecule has 0 radical (unpaired) electrons. The van der Waals surface area contributed by atoms with E-state index in [1.165, 1.54) is 0 Å². The summed E-state index contributed by atoms with van der Waals surface area (Å²) < 4.78 is 0. The predicted molar refractivity (Wildman–Crippen MR) is 127 cm³/mol. The second-order valence-electron chi connectivity index (χ2n) is 7.96. The van der Waals surface area contributed by atoms with Gasteiger partial charge in [-0.15, -0.1) is 0 Å². The number of nitrogens with zero attached hydrogens (tertiary/aromatic N) is 3. The first kappa shape index (κ1) is 19.6. The molecule has 3 aromatic heterocycles. The Hall–Kier alpha value is -4.33. The molecule has 32 heavy (non-hydrogen) atoms. The maximum absolute atomic E-state index is 13.0. The monoisotopic (exact) mass is 425 g/mol. The van der Waals surface area contributed by atoms with Crippen molar-refractivity contribution >= 4 is 39.5 Å². The lowest BCUT2D eigenvalue weighted by Gasteiger charge is -2.18. The van der Waals surface area contributed by atoms with E-state index in [0.717, 1.165) is 39.1 Å². The van der Waals surface area contributed by atoms with Gasteiger partial charge >= 0.3 is 0 Å². The van der Waals surface area contributed by atoms with Crippen molar-refractivity contribution in [2.24, 2.45) is 0 Å². The van der Waals surface area contributed by atoms with Gasteiger partial charge in [-0.1, -0.05) is 18.2 Å². The first-order valence-corrected chi connectivity index (χ1v) is 10.2. The molecule has 0 saturated carbocycles. The van der Waals surface area contributed by atoms with E-state index in [1.807, 2.05) is 55.5 Å². The minimum atomic E-state index is -0.0728. The van der Waals surface area contributed by atoms with Crippen LogP contribution in [-0.2, 0) is 6.54 Å². The van der Waals surface area contributed by atoms with Crippen LogP contribution in [0.3, 0.4) is 0 Å². The zero-order valence-corrected chi connectivity index (χ0v) is 17.8. The van der Waals surface area contributed by atoms with Gasteiger partial charge in [0.2, 0.25) is 0 Å². The molecule has 1 amide bonds. The number of carbonyl (C=O) groups excluding carboxylic acids is 1. The Labute approximate surface area is 184 Å². The van der Waals surface area contributed by atoms with Gasteiger partial charge in [-0.3, -0.25) is 4.79 Å². The molecule has 0 spiro atoms. The Morgan fingerprint density at radius 1 is 1.03 bits per heavy atom. The maximum atomic E-state index is 13.0. The van der Waals surface area contributed by atoms with Crippen LogP contribution in [0.5, 0.6) is 0 Å². The third kappa shape index (κ3) is 3.41. The molecule has 0 atom stereocenters. The van der Waals surface area contributed by atoms with Gasteiger partial charge < -0.3 is 26.3 Å². The van der Waals surface area contributed by atoms with Crippen LogP contribution in [0.4, 0.5) is 11.5 Å². The molecule has 5 rings (SSSR count). The third-order valence-corrected chi connectivity index (χ3v) is 5.56. The number of para-hydroxylation sites is 1. The van der Waals surface area contributed by atoms with Crippen molar-refractivity contribution in [1.82, 2.24) is 24.8 Å². The number of imidazole rings is 1. The quantitative estimate of drug-likeness (QED) is 0.325. The molecule has 3 heterocycles. The second-order valence-corrected chi connectivity index (χ2v) is 7.96. The summed E-state index contributed by atoms with van der Waals surface area (Å²) in [6, 6.07) is 17.0. The Kier molecular flexibility index (Phi) is 4.55.